The van der Waals surface area contributed by atoms with E-state index < -0.39 is 8.56 Å². The fraction of sp³-hybridized carbons (Fsp3) is 0.810. The van der Waals surface area contributed by atoms with E-state index in [2.05, 4.69) is 19.7 Å². The van der Waals surface area contributed by atoms with E-state index in [1.807, 2.05) is 26.8 Å². The van der Waals surface area contributed by atoms with Crippen LogP contribution >= 0.6 is 0 Å². The predicted molar refractivity (Wildman–Crippen MR) is 113 cm³/mol. The van der Waals surface area contributed by atoms with Crippen LogP contribution in [0.1, 0.15) is 53.9 Å². The molecule has 5 heteroatoms. The summed E-state index contributed by atoms with van der Waals surface area (Å²) in [5.74, 6) is 0.884. The molecule has 0 aromatic rings. The quantitative estimate of drug-likeness (QED) is 0.215. The van der Waals surface area contributed by atoms with Crippen LogP contribution in [0.3, 0.4) is 0 Å². The molecule has 26 heavy (non-hydrogen) atoms. The zero-order valence-corrected chi connectivity index (χ0v) is 17.7. The van der Waals surface area contributed by atoms with Crippen LogP contribution in [0.2, 0.25) is 12.1 Å². The lowest BCUT2D eigenvalue weighted by molar-refractivity contribution is 0.151. The smallest absolute Gasteiger partial charge is 0.338 e. The van der Waals surface area contributed by atoms with Crippen LogP contribution in [0.5, 0.6) is 0 Å². The number of rotatable bonds is 10. The zero-order chi connectivity index (χ0) is 18.8. The molecule has 154 valence electrons. The molecule has 2 saturated carbocycles. The van der Waals surface area contributed by atoms with Crippen LogP contribution in [0.4, 0.5) is 0 Å². The van der Waals surface area contributed by atoms with Crippen molar-refractivity contribution in [3.05, 3.63) is 25.3 Å². The molecule has 1 heterocycles. The number of hydrogen-bond acceptors (Lipinski definition) is 4. The first-order valence-corrected chi connectivity index (χ1v) is 12.1. The Morgan fingerprint density at radius 3 is 1.92 bits per heavy atom. The highest BCUT2D eigenvalue weighted by Crippen LogP contribution is 2.45. The van der Waals surface area contributed by atoms with Crippen LogP contribution < -0.4 is 0 Å². The SMILES string of the molecule is C.C=CC1(C)CO1.C=CCOCC1CC1.CCO[Si](C)(OCC)C1CC1. The second-order valence-corrected chi connectivity index (χ2v) is 10.7. The molecule has 0 radical (unpaired) electrons. The highest BCUT2D eigenvalue weighted by Gasteiger charge is 2.47. The maximum absolute atomic E-state index is 5.71. The van der Waals surface area contributed by atoms with E-state index in [4.69, 9.17) is 18.3 Å². The molecule has 1 unspecified atom stereocenters. The van der Waals surface area contributed by atoms with Crippen molar-refractivity contribution in [3.63, 3.8) is 0 Å². The summed E-state index contributed by atoms with van der Waals surface area (Å²) in [7, 11) is -1.72. The fourth-order valence-electron chi connectivity index (χ4n) is 2.29. The Labute approximate surface area is 163 Å². The van der Waals surface area contributed by atoms with E-state index in [0.717, 1.165) is 44.5 Å². The van der Waals surface area contributed by atoms with Gasteiger partial charge in [0.1, 0.15) is 5.60 Å². The maximum atomic E-state index is 5.71. The second-order valence-electron chi connectivity index (χ2n) is 7.23. The summed E-state index contributed by atoms with van der Waals surface area (Å²) in [6.45, 7) is 19.6. The van der Waals surface area contributed by atoms with E-state index in [-0.39, 0.29) is 13.0 Å². The monoisotopic (exact) mass is 386 g/mol. The third kappa shape index (κ3) is 11.3. The van der Waals surface area contributed by atoms with Crippen LogP contribution in [0, 0.1) is 5.92 Å². The van der Waals surface area contributed by atoms with Gasteiger partial charge in [-0.25, -0.2) is 0 Å². The molecule has 0 aromatic carbocycles. The van der Waals surface area contributed by atoms with Gasteiger partial charge in [-0.1, -0.05) is 19.6 Å². The Hall–Kier alpha value is -0.463. The molecular formula is C21H42O4Si. The van der Waals surface area contributed by atoms with E-state index in [9.17, 15) is 0 Å². The Morgan fingerprint density at radius 2 is 1.65 bits per heavy atom. The van der Waals surface area contributed by atoms with Gasteiger partial charge in [0.15, 0.2) is 0 Å². The summed E-state index contributed by atoms with van der Waals surface area (Å²) in [6.07, 6.45) is 9.01. The molecule has 3 aliphatic rings. The van der Waals surface area contributed by atoms with E-state index in [0.29, 0.717) is 0 Å². The van der Waals surface area contributed by atoms with Gasteiger partial charge >= 0.3 is 8.56 Å². The third-order valence-electron chi connectivity index (χ3n) is 4.50. The van der Waals surface area contributed by atoms with Crippen LogP contribution in [-0.2, 0) is 18.3 Å². The molecule has 3 rings (SSSR count). The molecule has 0 aromatic heterocycles. The molecular weight excluding hydrogens is 344 g/mol. The summed E-state index contributed by atoms with van der Waals surface area (Å²) in [5.41, 5.74) is 0.836. The van der Waals surface area contributed by atoms with E-state index in [1.165, 1.54) is 25.7 Å². The molecule has 1 atom stereocenters. The Bertz CT molecular complexity index is 381. The standard InChI is InChI=1S/C8H18O2Si.C7H12O.C5H8O.CH4/c1-4-9-11(3,10-5-2)8-6-7-8;1-2-5-8-6-7-3-4-7;1-3-5(2)4-6-5;/h8H,4-7H2,1-3H3;2,7H,1,3-6H2;3H,1,4H2,2H3;1H4. The van der Waals surface area contributed by atoms with Gasteiger partial charge < -0.3 is 18.3 Å². The number of ether oxygens (including phenoxy) is 2. The maximum Gasteiger partial charge on any atom is 0.338 e. The molecule has 0 spiro atoms. The van der Waals surface area contributed by atoms with Crippen molar-refractivity contribution in [2.75, 3.05) is 33.0 Å². The average molecular weight is 387 g/mol. The van der Waals surface area contributed by atoms with Gasteiger partial charge in [-0.05, 0) is 58.9 Å². The van der Waals surface area contributed by atoms with Crippen molar-refractivity contribution < 1.29 is 18.3 Å². The Morgan fingerprint density at radius 1 is 1.12 bits per heavy atom. The fourth-order valence-corrected chi connectivity index (χ4v) is 5.21. The molecule has 1 saturated heterocycles. The first-order valence-electron chi connectivity index (χ1n) is 9.67. The van der Waals surface area contributed by atoms with Crippen LogP contribution in [0.15, 0.2) is 25.3 Å². The molecule has 1 aliphatic heterocycles. The van der Waals surface area contributed by atoms with Gasteiger partial charge in [-0.3, -0.25) is 0 Å². The van der Waals surface area contributed by atoms with Crippen molar-refractivity contribution in [3.8, 4) is 0 Å². The number of epoxide rings is 1. The number of hydrogen-bond donors (Lipinski definition) is 0. The second kappa shape index (κ2) is 12.8. The van der Waals surface area contributed by atoms with Crippen LogP contribution in [0.25, 0.3) is 0 Å². The minimum absolute atomic E-state index is 0. The summed E-state index contributed by atoms with van der Waals surface area (Å²) in [5, 5.41) is 0. The Kier molecular flexibility index (Phi) is 12.6. The predicted octanol–water partition coefficient (Wildman–Crippen LogP) is 5.49. The summed E-state index contributed by atoms with van der Waals surface area (Å²) in [4.78, 5) is 0. The van der Waals surface area contributed by atoms with Gasteiger partial charge in [0, 0.05) is 25.4 Å². The topological polar surface area (TPSA) is 40.2 Å². The normalized spacial score (nSPS) is 23.4. The van der Waals surface area contributed by atoms with Crippen molar-refractivity contribution in [1.29, 1.82) is 0 Å². The average Bonchev–Trinajstić information content (AvgIpc) is 3.45. The van der Waals surface area contributed by atoms with Crippen molar-refractivity contribution in [2.45, 2.75) is 71.6 Å². The first-order chi connectivity index (χ1) is 11.9. The van der Waals surface area contributed by atoms with Gasteiger partial charge in [-0.2, -0.15) is 0 Å². The van der Waals surface area contributed by atoms with Crippen LogP contribution in [-0.4, -0.2) is 47.2 Å². The molecule has 3 fully saturated rings. The van der Waals surface area contributed by atoms with Crippen molar-refractivity contribution in [2.24, 2.45) is 5.92 Å². The molecule has 0 bridgehead atoms. The van der Waals surface area contributed by atoms with Gasteiger partial charge in [-0.15, -0.1) is 13.2 Å². The lowest BCUT2D eigenvalue weighted by atomic mass is 10.2. The first kappa shape index (κ1) is 25.5. The van der Waals surface area contributed by atoms with E-state index >= 15 is 0 Å². The largest absolute Gasteiger partial charge is 0.394 e. The summed E-state index contributed by atoms with van der Waals surface area (Å²) < 4.78 is 21.5. The zero-order valence-electron chi connectivity index (χ0n) is 16.7. The molecule has 2 aliphatic carbocycles. The van der Waals surface area contributed by atoms with Gasteiger partial charge in [0.2, 0.25) is 0 Å². The van der Waals surface area contributed by atoms with E-state index in [1.54, 1.807) is 6.08 Å². The third-order valence-corrected chi connectivity index (χ3v) is 8.28. The minimum atomic E-state index is -1.72. The highest BCUT2D eigenvalue weighted by molar-refractivity contribution is 6.68. The minimum Gasteiger partial charge on any atom is -0.394 e. The lowest BCUT2D eigenvalue weighted by Gasteiger charge is -2.25. The lowest BCUT2D eigenvalue weighted by Crippen LogP contribution is -2.39. The van der Waals surface area contributed by atoms with Gasteiger partial charge in [0.25, 0.3) is 0 Å². The molecule has 4 nitrogen and oxygen atoms in total. The van der Waals surface area contributed by atoms with Gasteiger partial charge in [0.05, 0.1) is 13.2 Å². The highest BCUT2D eigenvalue weighted by atomic mass is 28.4. The molecule has 0 amide bonds. The molecule has 0 N–H and O–H groups in total. The van der Waals surface area contributed by atoms with Crippen molar-refractivity contribution >= 4 is 8.56 Å². The van der Waals surface area contributed by atoms with Crippen molar-refractivity contribution in [1.82, 2.24) is 0 Å². The summed E-state index contributed by atoms with van der Waals surface area (Å²) in [6, 6.07) is 0. The Balaban J connectivity index is 0.000000369. The summed E-state index contributed by atoms with van der Waals surface area (Å²) >= 11 is 0.